The lowest BCUT2D eigenvalue weighted by Crippen LogP contribution is -2.14. The Bertz CT molecular complexity index is 502. The quantitative estimate of drug-likeness (QED) is 0.909. The maximum Gasteiger partial charge on any atom is 0.124 e. The molecule has 2 N–H and O–H groups in total. The van der Waals surface area contributed by atoms with E-state index < -0.39 is 0 Å². The van der Waals surface area contributed by atoms with E-state index in [4.69, 9.17) is 17.3 Å². The van der Waals surface area contributed by atoms with E-state index in [1.807, 2.05) is 18.2 Å². The van der Waals surface area contributed by atoms with Crippen LogP contribution in [0.25, 0.3) is 0 Å². The van der Waals surface area contributed by atoms with Gasteiger partial charge in [0.05, 0.1) is 11.7 Å². The molecule has 0 amide bonds. The summed E-state index contributed by atoms with van der Waals surface area (Å²) in [5.74, 6) is -0.342. The molecule has 1 unspecified atom stereocenters. The van der Waals surface area contributed by atoms with E-state index in [9.17, 15) is 4.39 Å². The van der Waals surface area contributed by atoms with E-state index in [1.165, 1.54) is 12.1 Å². The minimum absolute atomic E-state index is 0.237. The molecule has 0 spiro atoms. The average Bonchev–Trinajstić information content (AvgIpc) is 2.34. The van der Waals surface area contributed by atoms with Crippen LogP contribution >= 0.6 is 11.6 Å². The molecule has 88 valence electrons. The van der Waals surface area contributed by atoms with Gasteiger partial charge in [0.25, 0.3) is 0 Å². The summed E-state index contributed by atoms with van der Waals surface area (Å²) in [7, 11) is 0. The van der Waals surface area contributed by atoms with E-state index in [0.717, 1.165) is 11.3 Å². The zero-order valence-corrected chi connectivity index (χ0v) is 9.86. The maximum atomic E-state index is 12.9. The lowest BCUT2D eigenvalue weighted by atomic mass is 10.0. The van der Waals surface area contributed by atoms with Gasteiger partial charge >= 0.3 is 0 Å². The Balaban J connectivity index is 2.16. The van der Waals surface area contributed by atoms with Crippen LogP contribution in [-0.4, -0.2) is 4.98 Å². The van der Waals surface area contributed by atoms with Crippen molar-refractivity contribution >= 4 is 11.6 Å². The second-order valence-corrected chi connectivity index (χ2v) is 4.21. The highest BCUT2D eigenvalue weighted by Crippen LogP contribution is 2.22. The topological polar surface area (TPSA) is 38.9 Å². The summed E-state index contributed by atoms with van der Waals surface area (Å²) in [4.78, 5) is 4.18. The normalized spacial score (nSPS) is 12.4. The summed E-state index contributed by atoms with van der Waals surface area (Å²) in [6.45, 7) is 0. The number of rotatable bonds is 3. The fourth-order valence-corrected chi connectivity index (χ4v) is 1.87. The van der Waals surface area contributed by atoms with Gasteiger partial charge in [0.15, 0.2) is 0 Å². The Morgan fingerprint density at radius 3 is 2.76 bits per heavy atom. The first kappa shape index (κ1) is 12.0. The molecule has 1 atom stereocenters. The van der Waals surface area contributed by atoms with Gasteiger partial charge in [-0.25, -0.2) is 4.39 Å². The highest BCUT2D eigenvalue weighted by atomic mass is 35.5. The molecule has 2 rings (SSSR count). The SMILES string of the molecule is NC(Cc1ccc(F)cc1Cl)c1ccccn1. The van der Waals surface area contributed by atoms with Crippen molar-refractivity contribution in [1.82, 2.24) is 4.98 Å². The summed E-state index contributed by atoms with van der Waals surface area (Å²) in [6.07, 6.45) is 2.23. The van der Waals surface area contributed by atoms with Gasteiger partial charge in [0.2, 0.25) is 0 Å². The monoisotopic (exact) mass is 250 g/mol. The zero-order valence-electron chi connectivity index (χ0n) is 9.11. The van der Waals surface area contributed by atoms with Crippen molar-refractivity contribution < 1.29 is 4.39 Å². The van der Waals surface area contributed by atoms with Gasteiger partial charge in [-0.05, 0) is 36.2 Å². The minimum Gasteiger partial charge on any atom is -0.322 e. The summed E-state index contributed by atoms with van der Waals surface area (Å²) in [5, 5.41) is 0.399. The summed E-state index contributed by atoms with van der Waals surface area (Å²) >= 11 is 5.95. The van der Waals surface area contributed by atoms with Crippen LogP contribution in [0.15, 0.2) is 42.6 Å². The van der Waals surface area contributed by atoms with Crippen LogP contribution < -0.4 is 5.73 Å². The molecule has 0 fully saturated rings. The fraction of sp³-hybridized carbons (Fsp3) is 0.154. The van der Waals surface area contributed by atoms with Crippen LogP contribution in [0.1, 0.15) is 17.3 Å². The predicted octanol–water partition coefficient (Wildman–Crippen LogP) is 3.12. The molecule has 0 radical (unpaired) electrons. The maximum absolute atomic E-state index is 12.9. The molecule has 2 aromatic rings. The average molecular weight is 251 g/mol. The van der Waals surface area contributed by atoms with Crippen LogP contribution in [0.2, 0.25) is 5.02 Å². The number of halogens is 2. The van der Waals surface area contributed by atoms with Gasteiger partial charge in [-0.1, -0.05) is 23.7 Å². The number of hydrogen-bond acceptors (Lipinski definition) is 2. The molecule has 0 aliphatic carbocycles. The largest absolute Gasteiger partial charge is 0.322 e. The number of nitrogens with two attached hydrogens (primary N) is 1. The molecule has 0 aliphatic heterocycles. The highest BCUT2D eigenvalue weighted by Gasteiger charge is 2.10. The van der Waals surface area contributed by atoms with E-state index in [-0.39, 0.29) is 11.9 Å². The number of hydrogen-bond donors (Lipinski definition) is 1. The number of benzene rings is 1. The van der Waals surface area contributed by atoms with Crippen molar-refractivity contribution in [3.05, 3.63) is 64.7 Å². The van der Waals surface area contributed by atoms with Gasteiger partial charge in [-0.3, -0.25) is 4.98 Å². The Morgan fingerprint density at radius 2 is 2.12 bits per heavy atom. The van der Waals surface area contributed by atoms with Crippen LogP contribution in [-0.2, 0) is 6.42 Å². The van der Waals surface area contributed by atoms with Crippen molar-refractivity contribution in [2.24, 2.45) is 5.73 Å². The van der Waals surface area contributed by atoms with Crippen LogP contribution in [0, 0.1) is 5.82 Å². The van der Waals surface area contributed by atoms with Crippen molar-refractivity contribution in [2.45, 2.75) is 12.5 Å². The van der Waals surface area contributed by atoms with E-state index >= 15 is 0 Å². The molecule has 0 saturated carbocycles. The smallest absolute Gasteiger partial charge is 0.124 e. The van der Waals surface area contributed by atoms with E-state index in [0.29, 0.717) is 11.4 Å². The molecule has 1 heterocycles. The van der Waals surface area contributed by atoms with Crippen molar-refractivity contribution in [3.63, 3.8) is 0 Å². The van der Waals surface area contributed by atoms with Gasteiger partial charge < -0.3 is 5.73 Å². The first-order valence-corrected chi connectivity index (χ1v) is 5.65. The summed E-state index contributed by atoms with van der Waals surface area (Å²) in [5.41, 5.74) is 7.64. The van der Waals surface area contributed by atoms with Gasteiger partial charge in [-0.2, -0.15) is 0 Å². The predicted molar refractivity (Wildman–Crippen MR) is 66.3 cm³/mol. The molecule has 1 aromatic carbocycles. The Hall–Kier alpha value is -1.45. The standard InChI is InChI=1S/C13H12ClFN2/c14-11-8-10(15)5-4-9(11)7-12(16)13-3-1-2-6-17-13/h1-6,8,12H,7,16H2. The van der Waals surface area contributed by atoms with Crippen molar-refractivity contribution in [2.75, 3.05) is 0 Å². The minimum atomic E-state index is -0.342. The van der Waals surface area contributed by atoms with Crippen LogP contribution in [0.4, 0.5) is 4.39 Å². The Morgan fingerprint density at radius 1 is 1.29 bits per heavy atom. The first-order valence-electron chi connectivity index (χ1n) is 5.27. The number of nitrogens with zero attached hydrogens (tertiary/aromatic N) is 1. The molecule has 17 heavy (non-hydrogen) atoms. The molecule has 0 saturated heterocycles. The van der Waals surface area contributed by atoms with Crippen LogP contribution in [0.5, 0.6) is 0 Å². The second-order valence-electron chi connectivity index (χ2n) is 3.80. The lowest BCUT2D eigenvalue weighted by molar-refractivity contribution is 0.625. The summed E-state index contributed by atoms with van der Waals surface area (Å²) < 4.78 is 12.9. The molecule has 2 nitrogen and oxygen atoms in total. The first-order chi connectivity index (χ1) is 8.16. The van der Waals surface area contributed by atoms with Gasteiger partial charge in [0, 0.05) is 11.2 Å². The summed E-state index contributed by atoms with van der Waals surface area (Å²) in [6, 6.07) is 9.67. The fourth-order valence-electron chi connectivity index (χ4n) is 1.62. The molecule has 0 aliphatic rings. The molecular formula is C13H12ClFN2. The van der Waals surface area contributed by atoms with Crippen LogP contribution in [0.3, 0.4) is 0 Å². The third-order valence-corrected chi connectivity index (χ3v) is 2.87. The zero-order chi connectivity index (χ0) is 12.3. The van der Waals surface area contributed by atoms with Gasteiger partial charge in [0.1, 0.15) is 5.82 Å². The highest BCUT2D eigenvalue weighted by molar-refractivity contribution is 6.31. The van der Waals surface area contributed by atoms with Crippen molar-refractivity contribution in [3.8, 4) is 0 Å². The van der Waals surface area contributed by atoms with E-state index in [1.54, 1.807) is 12.3 Å². The molecule has 4 heteroatoms. The number of pyridine rings is 1. The van der Waals surface area contributed by atoms with Gasteiger partial charge in [-0.15, -0.1) is 0 Å². The molecule has 0 bridgehead atoms. The third kappa shape index (κ3) is 3.02. The number of aromatic nitrogens is 1. The Labute approximate surface area is 104 Å². The second kappa shape index (κ2) is 5.25. The lowest BCUT2D eigenvalue weighted by Gasteiger charge is -2.12. The third-order valence-electron chi connectivity index (χ3n) is 2.52. The van der Waals surface area contributed by atoms with Crippen molar-refractivity contribution in [1.29, 1.82) is 0 Å². The molecule has 1 aromatic heterocycles. The Kier molecular flexibility index (Phi) is 3.71. The molecular weight excluding hydrogens is 239 g/mol. The van der Waals surface area contributed by atoms with E-state index in [2.05, 4.69) is 4.98 Å².